The van der Waals surface area contributed by atoms with Gasteiger partial charge in [0.05, 0.1) is 35.8 Å². The first-order chi connectivity index (χ1) is 9.49. The summed E-state index contributed by atoms with van der Waals surface area (Å²) in [4.78, 5) is 24.9. The summed E-state index contributed by atoms with van der Waals surface area (Å²) in [7, 11) is 1.55. The minimum atomic E-state index is -1.33. The second kappa shape index (κ2) is 6.01. The number of hydrogen-bond donors (Lipinski definition) is 1. The van der Waals surface area contributed by atoms with E-state index in [0.29, 0.717) is 5.57 Å². The number of aliphatic carboxylic acids is 1. The maximum atomic E-state index is 12.1. The van der Waals surface area contributed by atoms with E-state index in [0.717, 1.165) is 19.3 Å². The van der Waals surface area contributed by atoms with Crippen LogP contribution in [0.3, 0.4) is 0 Å². The van der Waals surface area contributed by atoms with Crippen LogP contribution in [-0.2, 0) is 14.3 Å². The molecular formula is C14H18NNaO5. The van der Waals surface area contributed by atoms with E-state index in [9.17, 15) is 19.8 Å². The first-order valence-electron chi connectivity index (χ1n) is 6.98. The van der Waals surface area contributed by atoms with E-state index in [1.165, 1.54) is 4.90 Å². The zero-order chi connectivity index (χ0) is 14.6. The van der Waals surface area contributed by atoms with E-state index in [1.54, 1.807) is 14.0 Å². The molecule has 2 heterocycles. The van der Waals surface area contributed by atoms with Crippen LogP contribution in [0.4, 0.5) is 0 Å². The van der Waals surface area contributed by atoms with E-state index in [4.69, 9.17) is 4.74 Å². The van der Waals surface area contributed by atoms with E-state index in [2.05, 4.69) is 0 Å². The fraction of sp³-hybridized carbons (Fsp3) is 0.714. The van der Waals surface area contributed by atoms with Crippen molar-refractivity contribution in [1.82, 2.24) is 4.90 Å². The van der Waals surface area contributed by atoms with E-state index < -0.39 is 18.0 Å². The van der Waals surface area contributed by atoms with Crippen molar-refractivity contribution in [3.05, 3.63) is 11.3 Å². The van der Waals surface area contributed by atoms with Crippen molar-refractivity contribution in [2.75, 3.05) is 7.11 Å². The molecule has 1 amide bonds. The number of hydrogen-bond acceptors (Lipinski definition) is 5. The predicted molar refractivity (Wildman–Crippen MR) is 66.0 cm³/mol. The molecular weight excluding hydrogens is 285 g/mol. The van der Waals surface area contributed by atoms with Crippen molar-refractivity contribution in [3.63, 3.8) is 0 Å². The molecule has 1 saturated heterocycles. The summed E-state index contributed by atoms with van der Waals surface area (Å²) in [5.41, 5.74) is 0.661. The molecule has 6 nitrogen and oxygen atoms in total. The minimum absolute atomic E-state index is 0. The molecule has 21 heavy (non-hydrogen) atoms. The molecule has 3 rings (SSSR count). The smallest absolute Gasteiger partial charge is 0.543 e. The summed E-state index contributed by atoms with van der Waals surface area (Å²) in [6, 6.07) is -0.247. The Balaban J connectivity index is 0.00000161. The van der Waals surface area contributed by atoms with Gasteiger partial charge in [0.25, 0.3) is 0 Å². The van der Waals surface area contributed by atoms with Crippen molar-refractivity contribution < 1.29 is 54.1 Å². The largest absolute Gasteiger partial charge is 1.00 e. The topological polar surface area (TPSA) is 89.9 Å². The second-order valence-corrected chi connectivity index (χ2v) is 5.82. The van der Waals surface area contributed by atoms with Crippen LogP contribution in [0.2, 0.25) is 0 Å². The number of fused-ring (bicyclic) bond motifs is 3. The Bertz CT molecular complexity index is 504. The predicted octanol–water partition coefficient (Wildman–Crippen LogP) is -3.97. The van der Waals surface area contributed by atoms with Crippen molar-refractivity contribution in [2.24, 2.45) is 11.8 Å². The Kier molecular flexibility index (Phi) is 4.85. The average Bonchev–Trinajstić information content (AvgIpc) is 2.69. The zero-order valence-corrected chi connectivity index (χ0v) is 14.5. The normalized spacial score (nSPS) is 35.6. The summed E-state index contributed by atoms with van der Waals surface area (Å²) in [5, 5.41) is 21.2. The Labute approximate surface area is 145 Å². The van der Waals surface area contributed by atoms with Crippen LogP contribution in [0.25, 0.3) is 0 Å². The van der Waals surface area contributed by atoms with E-state index >= 15 is 0 Å². The van der Waals surface area contributed by atoms with Crippen LogP contribution in [0.1, 0.15) is 26.2 Å². The third kappa shape index (κ3) is 2.28. The van der Waals surface area contributed by atoms with Gasteiger partial charge in [-0.1, -0.05) is 0 Å². The monoisotopic (exact) mass is 303 g/mol. The number of methoxy groups -OCH3 is 1. The van der Waals surface area contributed by atoms with Crippen LogP contribution in [0, 0.1) is 11.8 Å². The fourth-order valence-corrected chi connectivity index (χ4v) is 4.07. The average molecular weight is 303 g/mol. The summed E-state index contributed by atoms with van der Waals surface area (Å²) < 4.78 is 5.39. The van der Waals surface area contributed by atoms with Crippen molar-refractivity contribution in [3.8, 4) is 0 Å². The van der Waals surface area contributed by atoms with Gasteiger partial charge in [0.15, 0.2) is 0 Å². The number of carboxylic acids is 1. The fourth-order valence-electron chi connectivity index (χ4n) is 4.07. The summed E-state index contributed by atoms with van der Waals surface area (Å²) in [6.45, 7) is 1.58. The molecule has 2 aliphatic heterocycles. The number of aliphatic hydroxyl groups excluding tert-OH is 1. The second-order valence-electron chi connectivity index (χ2n) is 5.82. The van der Waals surface area contributed by atoms with Gasteiger partial charge in [0.1, 0.15) is 0 Å². The third-order valence-electron chi connectivity index (χ3n) is 4.84. The molecule has 1 aliphatic carbocycles. The standard InChI is InChI=1S/C14H19NO5.Na/c1-6(16)9-11-7-4-3-5-8(20-2)10(7)12(14(18)19)15(11)13(9)17;/h6-9,11,16H,3-5H2,1-2H3,(H,18,19);/q;+1/p-1. The number of carboxylic acid groups (broad SMARTS) is 1. The molecule has 1 saturated carbocycles. The Morgan fingerprint density at radius 3 is 2.67 bits per heavy atom. The number of amides is 1. The number of ether oxygens (including phenoxy) is 1. The zero-order valence-electron chi connectivity index (χ0n) is 12.5. The summed E-state index contributed by atoms with van der Waals surface area (Å²) in [5.74, 6) is -2.18. The number of carbonyl (C=O) groups is 2. The molecule has 0 bridgehead atoms. The summed E-state index contributed by atoms with van der Waals surface area (Å²) >= 11 is 0. The SMILES string of the molecule is COC1CCCC2C1=C(C(=O)[O-])N1C(=O)C(C(C)O)C21.[Na+]. The molecule has 0 spiro atoms. The van der Waals surface area contributed by atoms with Gasteiger partial charge < -0.3 is 24.6 Å². The van der Waals surface area contributed by atoms with Gasteiger partial charge in [-0.25, -0.2) is 0 Å². The quantitative estimate of drug-likeness (QED) is 0.424. The van der Waals surface area contributed by atoms with E-state index in [-0.39, 0.29) is 59.2 Å². The van der Waals surface area contributed by atoms with Gasteiger partial charge in [0, 0.05) is 13.0 Å². The van der Waals surface area contributed by atoms with Crippen LogP contribution in [0.15, 0.2) is 11.3 Å². The number of β-lactam (4-membered cyclic amide) rings is 1. The van der Waals surface area contributed by atoms with Crippen molar-refractivity contribution in [2.45, 2.75) is 44.4 Å². The summed E-state index contributed by atoms with van der Waals surface area (Å²) in [6.07, 6.45) is 1.47. The van der Waals surface area contributed by atoms with Crippen LogP contribution >= 0.6 is 0 Å². The molecule has 2 fully saturated rings. The molecule has 1 N–H and O–H groups in total. The van der Waals surface area contributed by atoms with Crippen molar-refractivity contribution in [1.29, 1.82) is 0 Å². The van der Waals surface area contributed by atoms with Crippen LogP contribution in [0.5, 0.6) is 0 Å². The van der Waals surface area contributed by atoms with Gasteiger partial charge >= 0.3 is 29.6 Å². The maximum Gasteiger partial charge on any atom is 1.00 e. The van der Waals surface area contributed by atoms with Crippen LogP contribution < -0.4 is 34.7 Å². The Hall–Kier alpha value is -0.400. The minimum Gasteiger partial charge on any atom is -0.543 e. The number of nitrogens with zero attached hydrogens (tertiary/aromatic N) is 1. The Morgan fingerprint density at radius 1 is 1.48 bits per heavy atom. The molecule has 0 radical (unpaired) electrons. The molecule has 0 aromatic heterocycles. The van der Waals surface area contributed by atoms with Gasteiger partial charge in [0.2, 0.25) is 5.91 Å². The van der Waals surface area contributed by atoms with Gasteiger partial charge in [-0.3, -0.25) is 4.79 Å². The molecule has 0 aromatic carbocycles. The molecule has 0 aromatic rings. The molecule has 5 atom stereocenters. The Morgan fingerprint density at radius 2 is 2.14 bits per heavy atom. The third-order valence-corrected chi connectivity index (χ3v) is 4.84. The number of aliphatic hydroxyl groups is 1. The molecule has 110 valence electrons. The molecule has 5 unspecified atom stereocenters. The van der Waals surface area contributed by atoms with Crippen LogP contribution in [-0.4, -0.2) is 47.2 Å². The molecule has 3 aliphatic rings. The van der Waals surface area contributed by atoms with Crippen molar-refractivity contribution >= 4 is 11.9 Å². The number of carbonyl (C=O) groups excluding carboxylic acids is 2. The maximum absolute atomic E-state index is 12.1. The van der Waals surface area contributed by atoms with E-state index in [1.807, 2.05) is 0 Å². The molecule has 7 heteroatoms. The first-order valence-corrected chi connectivity index (χ1v) is 6.98. The van der Waals surface area contributed by atoms with Gasteiger partial charge in [-0.2, -0.15) is 0 Å². The van der Waals surface area contributed by atoms with Gasteiger partial charge in [-0.15, -0.1) is 0 Å². The first kappa shape index (κ1) is 17.0. The number of rotatable bonds is 3. The van der Waals surface area contributed by atoms with Gasteiger partial charge in [-0.05, 0) is 31.8 Å².